The Bertz CT molecular complexity index is 528. The molecule has 2 rings (SSSR count). The molecule has 92 valence electrons. The van der Waals surface area contributed by atoms with Gasteiger partial charge < -0.3 is 9.84 Å². The molecule has 0 radical (unpaired) electrons. The monoisotopic (exact) mass is 252 g/mol. The van der Waals surface area contributed by atoms with Crippen LogP contribution in [0.1, 0.15) is 22.4 Å². The van der Waals surface area contributed by atoms with Gasteiger partial charge in [-0.25, -0.2) is 0 Å². The standard InChI is InChI=1S/C12H16N2O2S/c1-8-5-6-10(17-8)12(2,15)11-9(16-4)7-13-14(11)3/h5-7,15H,1-4H3. The number of aliphatic hydroxyl groups is 1. The fourth-order valence-corrected chi connectivity index (χ4v) is 2.85. The molecule has 5 heteroatoms. The Morgan fingerprint density at radius 2 is 2.18 bits per heavy atom. The van der Waals surface area contributed by atoms with Crippen LogP contribution < -0.4 is 4.74 Å². The van der Waals surface area contributed by atoms with Crippen LogP contribution in [-0.2, 0) is 12.6 Å². The summed E-state index contributed by atoms with van der Waals surface area (Å²) in [5.74, 6) is 0.601. The van der Waals surface area contributed by atoms with Crippen LogP contribution >= 0.6 is 11.3 Å². The van der Waals surface area contributed by atoms with Crippen LogP contribution in [0, 0.1) is 6.92 Å². The van der Waals surface area contributed by atoms with Gasteiger partial charge in [-0.3, -0.25) is 4.68 Å². The third kappa shape index (κ3) is 1.96. The van der Waals surface area contributed by atoms with E-state index in [0.717, 1.165) is 4.88 Å². The predicted molar refractivity (Wildman–Crippen MR) is 67.5 cm³/mol. The van der Waals surface area contributed by atoms with Gasteiger partial charge in [0.15, 0.2) is 5.75 Å². The molecule has 0 spiro atoms. The molecule has 0 saturated heterocycles. The number of aryl methyl sites for hydroxylation is 2. The highest BCUT2D eigenvalue weighted by Gasteiger charge is 2.33. The first-order valence-electron chi connectivity index (χ1n) is 5.32. The molecular formula is C12H16N2O2S. The largest absolute Gasteiger partial charge is 0.493 e. The van der Waals surface area contributed by atoms with Gasteiger partial charge in [0.05, 0.1) is 13.3 Å². The molecule has 0 aliphatic carbocycles. The minimum Gasteiger partial charge on any atom is -0.493 e. The van der Waals surface area contributed by atoms with E-state index in [9.17, 15) is 5.11 Å². The Hall–Kier alpha value is -1.33. The zero-order valence-corrected chi connectivity index (χ0v) is 11.2. The van der Waals surface area contributed by atoms with Crippen molar-refractivity contribution in [2.24, 2.45) is 7.05 Å². The van der Waals surface area contributed by atoms with Gasteiger partial charge in [0.25, 0.3) is 0 Å². The predicted octanol–water partition coefficient (Wildman–Crippen LogP) is 2.05. The van der Waals surface area contributed by atoms with Crippen molar-refractivity contribution in [2.75, 3.05) is 7.11 Å². The van der Waals surface area contributed by atoms with Crippen LogP contribution in [-0.4, -0.2) is 22.0 Å². The smallest absolute Gasteiger partial charge is 0.163 e. The molecule has 17 heavy (non-hydrogen) atoms. The van der Waals surface area contributed by atoms with Gasteiger partial charge in [-0.05, 0) is 26.0 Å². The average molecular weight is 252 g/mol. The summed E-state index contributed by atoms with van der Waals surface area (Å²) < 4.78 is 6.89. The van der Waals surface area contributed by atoms with E-state index in [1.165, 1.54) is 4.88 Å². The van der Waals surface area contributed by atoms with Crippen LogP contribution in [0.25, 0.3) is 0 Å². The highest BCUT2D eigenvalue weighted by atomic mass is 32.1. The van der Waals surface area contributed by atoms with E-state index in [2.05, 4.69) is 5.10 Å². The molecule has 0 amide bonds. The minimum atomic E-state index is -1.09. The molecule has 2 aromatic rings. The number of hydrogen-bond acceptors (Lipinski definition) is 4. The Morgan fingerprint density at radius 1 is 1.47 bits per heavy atom. The fraction of sp³-hybridized carbons (Fsp3) is 0.417. The van der Waals surface area contributed by atoms with Crippen molar-refractivity contribution >= 4 is 11.3 Å². The number of methoxy groups -OCH3 is 1. The van der Waals surface area contributed by atoms with Crippen LogP contribution in [0.2, 0.25) is 0 Å². The lowest BCUT2D eigenvalue weighted by molar-refractivity contribution is 0.0935. The normalized spacial score (nSPS) is 14.6. The molecule has 0 saturated carbocycles. The summed E-state index contributed by atoms with van der Waals surface area (Å²) in [6.07, 6.45) is 1.62. The lowest BCUT2D eigenvalue weighted by Crippen LogP contribution is -2.25. The van der Waals surface area contributed by atoms with Gasteiger partial charge in [0.2, 0.25) is 0 Å². The second-order valence-electron chi connectivity index (χ2n) is 4.17. The topological polar surface area (TPSA) is 47.3 Å². The Labute approximate surface area is 104 Å². The van der Waals surface area contributed by atoms with Crippen molar-refractivity contribution in [1.29, 1.82) is 0 Å². The van der Waals surface area contributed by atoms with E-state index < -0.39 is 5.60 Å². The van der Waals surface area contributed by atoms with Gasteiger partial charge in [0.1, 0.15) is 11.3 Å². The fourth-order valence-electron chi connectivity index (χ4n) is 1.93. The summed E-state index contributed by atoms with van der Waals surface area (Å²) in [5, 5.41) is 14.8. The zero-order chi connectivity index (χ0) is 12.6. The maximum atomic E-state index is 10.7. The summed E-state index contributed by atoms with van der Waals surface area (Å²) in [5.41, 5.74) is -0.419. The van der Waals surface area contributed by atoms with E-state index >= 15 is 0 Å². The molecule has 4 nitrogen and oxygen atoms in total. The molecular weight excluding hydrogens is 236 g/mol. The highest BCUT2D eigenvalue weighted by molar-refractivity contribution is 7.12. The lowest BCUT2D eigenvalue weighted by atomic mass is 9.99. The zero-order valence-electron chi connectivity index (χ0n) is 10.4. The molecule has 0 aliphatic heterocycles. The maximum absolute atomic E-state index is 10.7. The second-order valence-corrected chi connectivity index (χ2v) is 5.46. The van der Waals surface area contributed by atoms with Crippen molar-refractivity contribution < 1.29 is 9.84 Å². The van der Waals surface area contributed by atoms with Crippen LogP contribution in [0.3, 0.4) is 0 Å². The van der Waals surface area contributed by atoms with Gasteiger partial charge in [-0.15, -0.1) is 11.3 Å². The van der Waals surface area contributed by atoms with Crippen molar-refractivity contribution in [3.63, 3.8) is 0 Å². The van der Waals surface area contributed by atoms with Gasteiger partial charge in [-0.2, -0.15) is 5.10 Å². The Balaban J connectivity index is 2.54. The second kappa shape index (κ2) is 4.16. The van der Waals surface area contributed by atoms with E-state index in [1.807, 2.05) is 19.1 Å². The summed E-state index contributed by atoms with van der Waals surface area (Å²) in [7, 11) is 3.38. The molecule has 2 aromatic heterocycles. The van der Waals surface area contributed by atoms with Crippen LogP contribution in [0.4, 0.5) is 0 Å². The molecule has 0 bridgehead atoms. The number of ether oxygens (including phenoxy) is 1. The van der Waals surface area contributed by atoms with Crippen molar-refractivity contribution in [1.82, 2.24) is 9.78 Å². The summed E-state index contributed by atoms with van der Waals surface area (Å²) in [6, 6.07) is 3.93. The number of rotatable bonds is 3. The quantitative estimate of drug-likeness (QED) is 0.909. The van der Waals surface area contributed by atoms with Crippen molar-refractivity contribution in [3.8, 4) is 5.75 Å². The summed E-state index contributed by atoms with van der Waals surface area (Å²) >= 11 is 1.57. The SMILES string of the molecule is COc1cnn(C)c1C(C)(O)c1ccc(C)s1. The third-order valence-electron chi connectivity index (χ3n) is 2.81. The molecule has 0 fully saturated rings. The first kappa shape index (κ1) is 12.1. The van der Waals surface area contributed by atoms with E-state index in [0.29, 0.717) is 11.4 Å². The molecule has 0 aromatic carbocycles. The van der Waals surface area contributed by atoms with Gasteiger partial charge in [0, 0.05) is 16.8 Å². The number of aromatic nitrogens is 2. The summed E-state index contributed by atoms with van der Waals surface area (Å²) in [4.78, 5) is 2.05. The van der Waals surface area contributed by atoms with Crippen LogP contribution in [0.15, 0.2) is 18.3 Å². The van der Waals surface area contributed by atoms with Crippen molar-refractivity contribution in [2.45, 2.75) is 19.4 Å². The first-order valence-corrected chi connectivity index (χ1v) is 6.14. The average Bonchev–Trinajstić information content (AvgIpc) is 2.84. The number of hydrogen-bond donors (Lipinski definition) is 1. The third-order valence-corrected chi connectivity index (χ3v) is 4.02. The Morgan fingerprint density at radius 3 is 2.71 bits per heavy atom. The van der Waals surface area contributed by atoms with E-state index in [1.54, 1.807) is 43.3 Å². The Kier molecular flexibility index (Phi) is 2.97. The van der Waals surface area contributed by atoms with Crippen LogP contribution in [0.5, 0.6) is 5.75 Å². The van der Waals surface area contributed by atoms with E-state index in [4.69, 9.17) is 4.74 Å². The molecule has 1 atom stereocenters. The minimum absolute atomic E-state index is 0.601. The maximum Gasteiger partial charge on any atom is 0.163 e. The summed E-state index contributed by atoms with van der Waals surface area (Å²) in [6.45, 7) is 3.78. The number of thiophene rings is 1. The van der Waals surface area contributed by atoms with Crippen molar-refractivity contribution in [3.05, 3.63) is 33.8 Å². The van der Waals surface area contributed by atoms with E-state index in [-0.39, 0.29) is 0 Å². The molecule has 0 aliphatic rings. The molecule has 1 N–H and O–H groups in total. The molecule has 1 unspecified atom stereocenters. The highest BCUT2D eigenvalue weighted by Crippen LogP contribution is 2.37. The molecule has 2 heterocycles. The van der Waals surface area contributed by atoms with Gasteiger partial charge >= 0.3 is 0 Å². The number of nitrogens with zero attached hydrogens (tertiary/aromatic N) is 2. The van der Waals surface area contributed by atoms with Gasteiger partial charge in [-0.1, -0.05) is 0 Å². The lowest BCUT2D eigenvalue weighted by Gasteiger charge is -2.23. The first-order chi connectivity index (χ1) is 7.96.